The Labute approximate surface area is 97.8 Å². The zero-order chi connectivity index (χ0) is 12.2. The summed E-state index contributed by atoms with van der Waals surface area (Å²) in [4.78, 5) is 0. The van der Waals surface area contributed by atoms with Crippen molar-refractivity contribution in [3.8, 4) is 0 Å². The second kappa shape index (κ2) is 6.55. The highest BCUT2D eigenvalue weighted by Crippen LogP contribution is 2.34. The molecule has 0 heteroatoms. The van der Waals surface area contributed by atoms with Crippen molar-refractivity contribution >= 4 is 0 Å². The molecule has 0 spiro atoms. The SMILES string of the molecule is CCC(C)C(C)C(C)C(C)C(C)C(C)C. The van der Waals surface area contributed by atoms with Crippen LogP contribution in [0.25, 0.3) is 0 Å². The summed E-state index contributed by atoms with van der Waals surface area (Å²) in [5, 5.41) is 0. The summed E-state index contributed by atoms with van der Waals surface area (Å²) in [6.45, 7) is 19.1. The fraction of sp³-hybridized carbons (Fsp3) is 1.00. The van der Waals surface area contributed by atoms with Crippen LogP contribution in [0.2, 0.25) is 0 Å². The van der Waals surface area contributed by atoms with Gasteiger partial charge in [-0.1, -0.05) is 61.8 Å². The van der Waals surface area contributed by atoms with E-state index in [9.17, 15) is 0 Å². The third-order valence-corrected chi connectivity index (χ3v) is 5.08. The molecule has 92 valence electrons. The van der Waals surface area contributed by atoms with Crippen LogP contribution in [-0.2, 0) is 0 Å². The lowest BCUT2D eigenvalue weighted by atomic mass is 9.71. The summed E-state index contributed by atoms with van der Waals surface area (Å²) < 4.78 is 0. The standard InChI is InChI=1S/C15H32/c1-9-11(4)13(6)15(8)14(7)12(5)10(2)3/h10-15H,9H2,1-8H3. The highest BCUT2D eigenvalue weighted by molar-refractivity contribution is 4.76. The van der Waals surface area contributed by atoms with E-state index in [1.165, 1.54) is 6.42 Å². The highest BCUT2D eigenvalue weighted by atomic mass is 14.3. The molecule has 0 saturated carbocycles. The molecule has 0 saturated heterocycles. The summed E-state index contributed by atoms with van der Waals surface area (Å²) in [5.74, 6) is 5.05. The summed E-state index contributed by atoms with van der Waals surface area (Å²) in [6.07, 6.45) is 1.31. The molecule has 0 aromatic carbocycles. The van der Waals surface area contributed by atoms with Crippen LogP contribution in [0.1, 0.15) is 61.8 Å². The lowest BCUT2D eigenvalue weighted by Gasteiger charge is -2.35. The molecular weight excluding hydrogens is 180 g/mol. The van der Waals surface area contributed by atoms with Crippen molar-refractivity contribution < 1.29 is 0 Å². The molecule has 0 amide bonds. The van der Waals surface area contributed by atoms with Gasteiger partial charge in [0.05, 0.1) is 0 Å². The molecule has 5 atom stereocenters. The average Bonchev–Trinajstić information content (AvgIpc) is 2.23. The smallest absolute Gasteiger partial charge is 0.0386 e. The topological polar surface area (TPSA) is 0 Å². The average molecular weight is 212 g/mol. The largest absolute Gasteiger partial charge is 0.0651 e. The van der Waals surface area contributed by atoms with Gasteiger partial charge < -0.3 is 0 Å². The number of rotatable bonds is 6. The minimum atomic E-state index is 0.812. The predicted molar refractivity (Wildman–Crippen MR) is 70.9 cm³/mol. The first kappa shape index (κ1) is 15.0. The van der Waals surface area contributed by atoms with E-state index < -0.39 is 0 Å². The summed E-state index contributed by atoms with van der Waals surface area (Å²) in [6, 6.07) is 0. The number of hydrogen-bond acceptors (Lipinski definition) is 0. The summed E-state index contributed by atoms with van der Waals surface area (Å²) in [5.41, 5.74) is 0. The maximum absolute atomic E-state index is 2.44. The molecule has 0 fully saturated rings. The zero-order valence-corrected chi connectivity index (χ0v) is 12.2. The van der Waals surface area contributed by atoms with E-state index in [1.54, 1.807) is 0 Å². The van der Waals surface area contributed by atoms with Crippen molar-refractivity contribution in [2.24, 2.45) is 35.5 Å². The van der Waals surface area contributed by atoms with Gasteiger partial charge in [-0.15, -0.1) is 0 Å². The van der Waals surface area contributed by atoms with Crippen molar-refractivity contribution in [3.63, 3.8) is 0 Å². The van der Waals surface area contributed by atoms with Crippen LogP contribution in [-0.4, -0.2) is 0 Å². The first-order valence-electron chi connectivity index (χ1n) is 6.82. The van der Waals surface area contributed by atoms with Crippen LogP contribution in [0.5, 0.6) is 0 Å². The minimum absolute atomic E-state index is 0.812. The molecule has 0 aromatic heterocycles. The fourth-order valence-corrected chi connectivity index (χ4v) is 2.45. The second-order valence-corrected chi connectivity index (χ2v) is 6.07. The van der Waals surface area contributed by atoms with Crippen molar-refractivity contribution in [1.29, 1.82) is 0 Å². The Morgan fingerprint density at radius 3 is 1.33 bits per heavy atom. The third-order valence-electron chi connectivity index (χ3n) is 5.08. The summed E-state index contributed by atoms with van der Waals surface area (Å²) >= 11 is 0. The van der Waals surface area contributed by atoms with Crippen LogP contribution in [0.15, 0.2) is 0 Å². The minimum Gasteiger partial charge on any atom is -0.0651 e. The molecule has 0 radical (unpaired) electrons. The van der Waals surface area contributed by atoms with E-state index in [2.05, 4.69) is 55.4 Å². The number of hydrogen-bond donors (Lipinski definition) is 0. The van der Waals surface area contributed by atoms with Gasteiger partial charge in [0, 0.05) is 0 Å². The molecule has 15 heavy (non-hydrogen) atoms. The van der Waals surface area contributed by atoms with E-state index in [0.717, 1.165) is 35.5 Å². The first-order chi connectivity index (χ1) is 6.82. The van der Waals surface area contributed by atoms with Gasteiger partial charge in [-0.25, -0.2) is 0 Å². The maximum Gasteiger partial charge on any atom is -0.0386 e. The first-order valence-corrected chi connectivity index (χ1v) is 6.82. The van der Waals surface area contributed by atoms with Gasteiger partial charge >= 0.3 is 0 Å². The lowest BCUT2D eigenvalue weighted by molar-refractivity contribution is 0.143. The Morgan fingerprint density at radius 1 is 0.600 bits per heavy atom. The van der Waals surface area contributed by atoms with E-state index >= 15 is 0 Å². The Bertz CT molecular complexity index is 159. The van der Waals surface area contributed by atoms with Crippen molar-refractivity contribution in [2.45, 2.75) is 61.8 Å². The Kier molecular flexibility index (Phi) is 6.55. The van der Waals surface area contributed by atoms with Crippen LogP contribution in [0.4, 0.5) is 0 Å². The summed E-state index contributed by atoms with van der Waals surface area (Å²) in [7, 11) is 0. The van der Waals surface area contributed by atoms with Gasteiger partial charge in [0.15, 0.2) is 0 Å². The Balaban J connectivity index is 4.36. The monoisotopic (exact) mass is 212 g/mol. The van der Waals surface area contributed by atoms with Crippen LogP contribution >= 0.6 is 0 Å². The van der Waals surface area contributed by atoms with Gasteiger partial charge in [-0.3, -0.25) is 0 Å². The molecule has 5 unspecified atom stereocenters. The molecule has 0 aliphatic rings. The van der Waals surface area contributed by atoms with E-state index in [1.807, 2.05) is 0 Å². The van der Waals surface area contributed by atoms with Gasteiger partial charge in [0.1, 0.15) is 0 Å². The van der Waals surface area contributed by atoms with Gasteiger partial charge in [0.2, 0.25) is 0 Å². The molecule has 0 aliphatic carbocycles. The van der Waals surface area contributed by atoms with Crippen LogP contribution in [0, 0.1) is 35.5 Å². The maximum atomic E-state index is 2.44. The van der Waals surface area contributed by atoms with Gasteiger partial charge in [0.25, 0.3) is 0 Å². The highest BCUT2D eigenvalue weighted by Gasteiger charge is 2.27. The van der Waals surface area contributed by atoms with Gasteiger partial charge in [-0.2, -0.15) is 0 Å². The predicted octanol–water partition coefficient (Wildman–Crippen LogP) is 5.23. The Hall–Kier alpha value is 0. The zero-order valence-electron chi connectivity index (χ0n) is 12.2. The Morgan fingerprint density at radius 2 is 1.00 bits per heavy atom. The van der Waals surface area contributed by atoms with Crippen molar-refractivity contribution in [1.82, 2.24) is 0 Å². The second-order valence-electron chi connectivity index (χ2n) is 6.07. The normalized spacial score (nSPS) is 22.2. The van der Waals surface area contributed by atoms with Crippen molar-refractivity contribution in [3.05, 3.63) is 0 Å². The van der Waals surface area contributed by atoms with E-state index in [-0.39, 0.29) is 0 Å². The lowest BCUT2D eigenvalue weighted by Crippen LogP contribution is -2.28. The molecule has 0 nitrogen and oxygen atoms in total. The molecule has 0 bridgehead atoms. The molecule has 0 heterocycles. The van der Waals surface area contributed by atoms with Crippen molar-refractivity contribution in [2.75, 3.05) is 0 Å². The molecule has 0 rings (SSSR count). The molecule has 0 aliphatic heterocycles. The molecule has 0 aromatic rings. The third kappa shape index (κ3) is 4.17. The van der Waals surface area contributed by atoms with E-state index in [0.29, 0.717) is 0 Å². The van der Waals surface area contributed by atoms with E-state index in [4.69, 9.17) is 0 Å². The van der Waals surface area contributed by atoms with Gasteiger partial charge in [-0.05, 0) is 35.5 Å². The fourth-order valence-electron chi connectivity index (χ4n) is 2.45. The molecule has 0 N–H and O–H groups in total. The van der Waals surface area contributed by atoms with Crippen LogP contribution < -0.4 is 0 Å². The molecular formula is C15H32. The van der Waals surface area contributed by atoms with Crippen LogP contribution in [0.3, 0.4) is 0 Å². The quantitative estimate of drug-likeness (QED) is 0.565.